The molecule has 2 N–H and O–H groups in total. The second kappa shape index (κ2) is 11.5. The van der Waals surface area contributed by atoms with Crippen molar-refractivity contribution < 1.29 is 19.4 Å². The molecular formula is C24H26N2O4. The Kier molecular flexibility index (Phi) is 8.09. The molecule has 1 atom stereocenters. The van der Waals surface area contributed by atoms with Gasteiger partial charge in [0, 0.05) is 18.3 Å². The predicted molar refractivity (Wildman–Crippen MR) is 116 cm³/mol. The zero-order valence-corrected chi connectivity index (χ0v) is 16.7. The molecule has 1 heterocycles. The third-order valence-electron chi connectivity index (χ3n) is 4.47. The van der Waals surface area contributed by atoms with Gasteiger partial charge in [-0.15, -0.1) is 0 Å². The molecule has 3 rings (SSSR count). The zero-order valence-electron chi connectivity index (χ0n) is 16.7. The summed E-state index contributed by atoms with van der Waals surface area (Å²) in [5, 5.41) is 12.8. The number of nitrogens with one attached hydrogen (secondary N) is 1. The smallest absolute Gasteiger partial charge is 0.349 e. The number of carboxylic acids is 1. The van der Waals surface area contributed by atoms with Gasteiger partial charge in [-0.05, 0) is 55.7 Å². The second-order valence-corrected chi connectivity index (χ2v) is 6.77. The Balaban J connectivity index is 1.38. The van der Waals surface area contributed by atoms with Gasteiger partial charge in [0.15, 0.2) is 0 Å². The molecule has 0 aliphatic carbocycles. The molecule has 1 unspecified atom stereocenters. The lowest BCUT2D eigenvalue weighted by Gasteiger charge is -2.16. The van der Waals surface area contributed by atoms with Gasteiger partial charge < -0.3 is 19.9 Å². The Morgan fingerprint density at radius 1 is 0.900 bits per heavy atom. The molecule has 2 aromatic carbocycles. The number of anilines is 1. The van der Waals surface area contributed by atoms with E-state index < -0.39 is 12.1 Å². The highest BCUT2D eigenvalue weighted by Gasteiger charge is 2.21. The van der Waals surface area contributed by atoms with Gasteiger partial charge in [0.1, 0.15) is 17.3 Å². The maximum absolute atomic E-state index is 11.6. The van der Waals surface area contributed by atoms with Crippen molar-refractivity contribution in [3.63, 3.8) is 0 Å². The van der Waals surface area contributed by atoms with E-state index in [9.17, 15) is 9.90 Å². The van der Waals surface area contributed by atoms with Crippen molar-refractivity contribution in [1.82, 2.24) is 4.98 Å². The van der Waals surface area contributed by atoms with E-state index in [-0.39, 0.29) is 0 Å². The van der Waals surface area contributed by atoms with Crippen LogP contribution in [0.4, 0.5) is 5.82 Å². The summed E-state index contributed by atoms with van der Waals surface area (Å²) in [6.45, 7) is 1.50. The molecule has 30 heavy (non-hydrogen) atoms. The Bertz CT molecular complexity index is 886. The van der Waals surface area contributed by atoms with Crippen molar-refractivity contribution in [1.29, 1.82) is 0 Å². The number of benzene rings is 2. The largest absolute Gasteiger partial charge is 0.494 e. The quantitative estimate of drug-likeness (QED) is 0.414. The summed E-state index contributed by atoms with van der Waals surface area (Å²) < 4.78 is 11.4. The van der Waals surface area contributed by atoms with Gasteiger partial charge in [0.25, 0.3) is 0 Å². The number of unbranched alkanes of at least 4 members (excludes halogenated alkanes) is 2. The standard InChI is InChI=1S/C24H26N2O4/c27-24(28)23(30-21-9-3-1-4-10-21)19-12-14-20(15-13-19)29-18-8-2-6-16-25-22-11-5-7-17-26-22/h1,3-5,7,9-15,17,23H,2,6,8,16,18H2,(H,25,26)(H,27,28). The number of aromatic nitrogens is 1. The molecule has 0 spiro atoms. The summed E-state index contributed by atoms with van der Waals surface area (Å²) in [6, 6.07) is 21.8. The van der Waals surface area contributed by atoms with Crippen LogP contribution in [0.1, 0.15) is 30.9 Å². The van der Waals surface area contributed by atoms with Crippen LogP contribution in [0.25, 0.3) is 0 Å². The van der Waals surface area contributed by atoms with Crippen molar-refractivity contribution in [3.8, 4) is 11.5 Å². The first-order valence-corrected chi connectivity index (χ1v) is 10.0. The molecule has 6 nitrogen and oxygen atoms in total. The fraction of sp³-hybridized carbons (Fsp3) is 0.250. The van der Waals surface area contributed by atoms with E-state index in [1.54, 1.807) is 54.7 Å². The van der Waals surface area contributed by atoms with E-state index in [1.807, 2.05) is 24.3 Å². The van der Waals surface area contributed by atoms with E-state index in [1.165, 1.54) is 0 Å². The van der Waals surface area contributed by atoms with Crippen molar-refractivity contribution in [3.05, 3.63) is 84.6 Å². The van der Waals surface area contributed by atoms with Crippen LogP contribution in [0.5, 0.6) is 11.5 Å². The number of pyridine rings is 1. The van der Waals surface area contributed by atoms with Crippen LogP contribution in [0, 0.1) is 0 Å². The maximum atomic E-state index is 11.6. The highest BCUT2D eigenvalue weighted by molar-refractivity contribution is 5.75. The van der Waals surface area contributed by atoms with Crippen LogP contribution in [0.2, 0.25) is 0 Å². The van der Waals surface area contributed by atoms with Gasteiger partial charge in [-0.2, -0.15) is 0 Å². The minimum absolute atomic E-state index is 0.516. The monoisotopic (exact) mass is 406 g/mol. The highest BCUT2D eigenvalue weighted by atomic mass is 16.5. The number of nitrogens with zero attached hydrogens (tertiary/aromatic N) is 1. The first-order chi connectivity index (χ1) is 14.7. The number of ether oxygens (including phenoxy) is 2. The Labute approximate surface area is 176 Å². The van der Waals surface area contributed by atoms with E-state index in [0.717, 1.165) is 31.6 Å². The molecule has 0 aliphatic heterocycles. The van der Waals surface area contributed by atoms with Gasteiger partial charge in [0.05, 0.1) is 6.61 Å². The Morgan fingerprint density at radius 3 is 2.37 bits per heavy atom. The van der Waals surface area contributed by atoms with E-state index in [0.29, 0.717) is 23.7 Å². The van der Waals surface area contributed by atoms with Crippen LogP contribution >= 0.6 is 0 Å². The van der Waals surface area contributed by atoms with Gasteiger partial charge in [-0.1, -0.05) is 36.4 Å². The molecule has 156 valence electrons. The first-order valence-electron chi connectivity index (χ1n) is 10.0. The Morgan fingerprint density at radius 2 is 1.67 bits per heavy atom. The van der Waals surface area contributed by atoms with Gasteiger partial charge in [-0.25, -0.2) is 9.78 Å². The number of carbonyl (C=O) groups is 1. The van der Waals surface area contributed by atoms with Gasteiger partial charge in [-0.3, -0.25) is 0 Å². The SMILES string of the molecule is O=C(O)C(Oc1ccccc1)c1ccc(OCCCCCNc2ccccn2)cc1. The lowest BCUT2D eigenvalue weighted by Crippen LogP contribution is -2.18. The molecule has 6 heteroatoms. The van der Waals surface area contributed by atoms with Crippen LogP contribution in [0.15, 0.2) is 79.0 Å². The van der Waals surface area contributed by atoms with E-state index in [4.69, 9.17) is 9.47 Å². The number of rotatable bonds is 12. The molecular weight excluding hydrogens is 380 g/mol. The molecule has 0 fully saturated rings. The number of hydrogen-bond acceptors (Lipinski definition) is 5. The average molecular weight is 406 g/mol. The normalized spacial score (nSPS) is 11.5. The van der Waals surface area contributed by atoms with E-state index >= 15 is 0 Å². The number of para-hydroxylation sites is 1. The van der Waals surface area contributed by atoms with Crippen molar-refractivity contribution >= 4 is 11.8 Å². The summed E-state index contributed by atoms with van der Waals surface area (Å²) >= 11 is 0. The lowest BCUT2D eigenvalue weighted by molar-refractivity contribution is -0.145. The van der Waals surface area contributed by atoms with Crippen molar-refractivity contribution in [2.45, 2.75) is 25.4 Å². The molecule has 0 bridgehead atoms. The lowest BCUT2D eigenvalue weighted by atomic mass is 10.1. The van der Waals surface area contributed by atoms with Gasteiger partial charge in [0.2, 0.25) is 6.10 Å². The van der Waals surface area contributed by atoms with Crippen molar-refractivity contribution in [2.75, 3.05) is 18.5 Å². The summed E-state index contributed by atoms with van der Waals surface area (Å²) in [5.41, 5.74) is 0.569. The third kappa shape index (κ3) is 6.81. The molecule has 1 aromatic heterocycles. The van der Waals surface area contributed by atoms with Crippen LogP contribution in [-0.4, -0.2) is 29.2 Å². The zero-order chi connectivity index (χ0) is 21.0. The third-order valence-corrected chi connectivity index (χ3v) is 4.47. The van der Waals surface area contributed by atoms with E-state index in [2.05, 4.69) is 10.3 Å². The fourth-order valence-corrected chi connectivity index (χ4v) is 2.91. The summed E-state index contributed by atoms with van der Waals surface area (Å²) in [4.78, 5) is 15.8. The van der Waals surface area contributed by atoms with Crippen LogP contribution < -0.4 is 14.8 Å². The van der Waals surface area contributed by atoms with Crippen LogP contribution in [-0.2, 0) is 4.79 Å². The Hall–Kier alpha value is -3.54. The number of hydrogen-bond donors (Lipinski definition) is 2. The summed E-state index contributed by atoms with van der Waals surface area (Å²) in [7, 11) is 0. The molecule has 0 aliphatic rings. The highest BCUT2D eigenvalue weighted by Crippen LogP contribution is 2.24. The topological polar surface area (TPSA) is 80.7 Å². The second-order valence-electron chi connectivity index (χ2n) is 6.77. The molecule has 0 amide bonds. The molecule has 0 radical (unpaired) electrons. The van der Waals surface area contributed by atoms with Crippen LogP contribution in [0.3, 0.4) is 0 Å². The summed E-state index contributed by atoms with van der Waals surface area (Å²) in [6.07, 6.45) is 3.74. The average Bonchev–Trinajstić information content (AvgIpc) is 2.78. The fourth-order valence-electron chi connectivity index (χ4n) is 2.91. The van der Waals surface area contributed by atoms with Gasteiger partial charge >= 0.3 is 5.97 Å². The minimum atomic E-state index is -1.06. The summed E-state index contributed by atoms with van der Waals surface area (Å²) in [5.74, 6) is 1.09. The number of aliphatic carboxylic acids is 1. The number of carboxylic acid groups (broad SMARTS) is 1. The maximum Gasteiger partial charge on any atom is 0.349 e. The first kappa shape index (κ1) is 21.2. The molecule has 0 saturated heterocycles. The molecule has 3 aromatic rings. The predicted octanol–water partition coefficient (Wildman–Crippen LogP) is 4.95. The van der Waals surface area contributed by atoms with Crippen molar-refractivity contribution in [2.24, 2.45) is 0 Å². The minimum Gasteiger partial charge on any atom is -0.494 e. The molecule has 0 saturated carbocycles.